The fourth-order valence-corrected chi connectivity index (χ4v) is 1.52. The number of hydrogen-bond donors (Lipinski definition) is 2. The third-order valence-corrected chi connectivity index (χ3v) is 2.44. The monoisotopic (exact) mass is 208 g/mol. The molecule has 0 aliphatic rings. The van der Waals surface area contributed by atoms with Gasteiger partial charge in [0.15, 0.2) is 0 Å². The van der Waals surface area contributed by atoms with Gasteiger partial charge in [-0.3, -0.25) is 4.57 Å². The Balaban J connectivity index is 3.43. The maximum atomic E-state index is 10.8. The number of benzene rings is 1. The van der Waals surface area contributed by atoms with E-state index in [1.165, 1.54) is 6.07 Å². The second-order valence-corrected chi connectivity index (χ2v) is 4.14. The summed E-state index contributed by atoms with van der Waals surface area (Å²) in [7, 11) is -4.40. The number of nitrogens with zero attached hydrogens (tertiary/aromatic N) is 2. The summed E-state index contributed by atoms with van der Waals surface area (Å²) in [5, 5.41) is 16.8. The first kappa shape index (κ1) is 10.4. The highest BCUT2D eigenvalue weighted by Gasteiger charge is 2.18. The van der Waals surface area contributed by atoms with E-state index < -0.39 is 7.60 Å². The molecule has 0 amide bonds. The summed E-state index contributed by atoms with van der Waals surface area (Å²) in [6, 6.07) is 6.84. The standard InChI is InChI=1S/C8H5N2O3P/c9-4-6-1-7(5-10)3-8(2-6)14(11,12)13/h1-3H,(H2,11,12,13). The lowest BCUT2D eigenvalue weighted by Crippen LogP contribution is -2.05. The Labute approximate surface area is 80.0 Å². The van der Waals surface area contributed by atoms with Gasteiger partial charge in [-0.15, -0.1) is 0 Å². The van der Waals surface area contributed by atoms with E-state index >= 15 is 0 Å². The zero-order valence-electron chi connectivity index (χ0n) is 6.88. The van der Waals surface area contributed by atoms with Gasteiger partial charge in [0.25, 0.3) is 0 Å². The first-order valence-electron chi connectivity index (χ1n) is 3.49. The van der Waals surface area contributed by atoms with E-state index in [2.05, 4.69) is 0 Å². The predicted molar refractivity (Wildman–Crippen MR) is 47.6 cm³/mol. The van der Waals surface area contributed by atoms with Crippen molar-refractivity contribution in [1.29, 1.82) is 10.5 Å². The molecule has 0 heterocycles. The molecule has 6 heteroatoms. The minimum absolute atomic E-state index is 0.0578. The predicted octanol–water partition coefficient (Wildman–Crippen LogP) is 0.233. The summed E-state index contributed by atoms with van der Waals surface area (Å²) in [6.45, 7) is 0. The third-order valence-electron chi connectivity index (χ3n) is 1.51. The second kappa shape index (κ2) is 3.61. The molecule has 0 aliphatic heterocycles. The van der Waals surface area contributed by atoms with Gasteiger partial charge in [0, 0.05) is 0 Å². The smallest absolute Gasteiger partial charge is 0.321 e. The maximum absolute atomic E-state index is 10.8. The second-order valence-electron chi connectivity index (χ2n) is 2.54. The van der Waals surface area contributed by atoms with Crippen LogP contribution in [0.15, 0.2) is 18.2 Å². The van der Waals surface area contributed by atoms with Crippen LogP contribution in [0.2, 0.25) is 0 Å². The first-order valence-corrected chi connectivity index (χ1v) is 5.10. The van der Waals surface area contributed by atoms with E-state index in [0.717, 1.165) is 12.1 Å². The molecule has 14 heavy (non-hydrogen) atoms. The zero-order valence-corrected chi connectivity index (χ0v) is 7.77. The summed E-state index contributed by atoms with van der Waals surface area (Å²) in [4.78, 5) is 17.6. The summed E-state index contributed by atoms with van der Waals surface area (Å²) >= 11 is 0. The van der Waals surface area contributed by atoms with Crippen LogP contribution in [0.3, 0.4) is 0 Å². The van der Waals surface area contributed by atoms with Crippen LogP contribution < -0.4 is 5.30 Å². The van der Waals surface area contributed by atoms with E-state index in [-0.39, 0.29) is 16.4 Å². The minimum Gasteiger partial charge on any atom is -0.321 e. The number of hydrogen-bond acceptors (Lipinski definition) is 3. The molecular weight excluding hydrogens is 203 g/mol. The van der Waals surface area contributed by atoms with Crippen LogP contribution in [0.1, 0.15) is 11.1 Å². The molecule has 1 aromatic carbocycles. The van der Waals surface area contributed by atoms with Crippen LogP contribution in [-0.2, 0) is 4.57 Å². The average molecular weight is 208 g/mol. The molecule has 5 nitrogen and oxygen atoms in total. The quantitative estimate of drug-likeness (QED) is 0.642. The molecule has 70 valence electrons. The number of rotatable bonds is 1. The lowest BCUT2D eigenvalue weighted by Gasteiger charge is -2.03. The van der Waals surface area contributed by atoms with Crippen molar-refractivity contribution in [3.05, 3.63) is 29.3 Å². The summed E-state index contributed by atoms with van der Waals surface area (Å²) in [6.07, 6.45) is 0. The molecule has 1 rings (SSSR count). The molecule has 0 radical (unpaired) electrons. The Kier molecular flexibility index (Phi) is 2.69. The highest BCUT2D eigenvalue weighted by Crippen LogP contribution is 2.33. The van der Waals surface area contributed by atoms with Gasteiger partial charge in [-0.2, -0.15) is 10.5 Å². The van der Waals surface area contributed by atoms with Crippen molar-refractivity contribution in [3.8, 4) is 12.1 Å². The Hall–Kier alpha value is -1.65. The highest BCUT2D eigenvalue weighted by molar-refractivity contribution is 7.60. The third kappa shape index (κ3) is 2.18. The molecule has 0 saturated carbocycles. The van der Waals surface area contributed by atoms with E-state index in [1.54, 1.807) is 12.1 Å². The molecule has 0 bridgehead atoms. The van der Waals surface area contributed by atoms with E-state index in [1.807, 2.05) is 0 Å². The Bertz CT molecular complexity index is 460. The molecule has 0 unspecified atom stereocenters. The Morgan fingerprint density at radius 2 is 1.50 bits per heavy atom. The van der Waals surface area contributed by atoms with Crippen LogP contribution in [0.4, 0.5) is 0 Å². The van der Waals surface area contributed by atoms with E-state index in [9.17, 15) is 4.57 Å². The van der Waals surface area contributed by atoms with Crippen LogP contribution in [0.5, 0.6) is 0 Å². The molecule has 0 aromatic heterocycles. The van der Waals surface area contributed by atoms with Crippen molar-refractivity contribution in [1.82, 2.24) is 0 Å². The summed E-state index contributed by atoms with van der Waals surface area (Å²) in [5.74, 6) is 0. The zero-order chi connectivity index (χ0) is 10.8. The molecule has 0 saturated heterocycles. The van der Waals surface area contributed by atoms with Crippen LogP contribution in [0.25, 0.3) is 0 Å². The van der Waals surface area contributed by atoms with Crippen molar-refractivity contribution in [2.45, 2.75) is 0 Å². The molecular formula is C8H5N2O3P. The molecule has 0 spiro atoms. The summed E-state index contributed by atoms with van der Waals surface area (Å²) in [5.41, 5.74) is 0.116. The van der Waals surface area contributed by atoms with Gasteiger partial charge in [0.2, 0.25) is 0 Å². The molecule has 0 aliphatic carbocycles. The average Bonchev–Trinajstić information content (AvgIpc) is 2.15. The largest absolute Gasteiger partial charge is 0.356 e. The van der Waals surface area contributed by atoms with Gasteiger partial charge in [0.05, 0.1) is 28.6 Å². The highest BCUT2D eigenvalue weighted by atomic mass is 31.2. The van der Waals surface area contributed by atoms with Crippen LogP contribution in [0, 0.1) is 22.7 Å². The fourth-order valence-electron chi connectivity index (χ4n) is 0.908. The van der Waals surface area contributed by atoms with Gasteiger partial charge < -0.3 is 9.79 Å². The maximum Gasteiger partial charge on any atom is 0.356 e. The lowest BCUT2D eigenvalue weighted by molar-refractivity contribution is 0.387. The van der Waals surface area contributed by atoms with Crippen LogP contribution >= 0.6 is 7.60 Å². The van der Waals surface area contributed by atoms with Crippen molar-refractivity contribution in [3.63, 3.8) is 0 Å². The fraction of sp³-hybridized carbons (Fsp3) is 0. The van der Waals surface area contributed by atoms with Crippen LogP contribution in [-0.4, -0.2) is 9.79 Å². The van der Waals surface area contributed by atoms with Gasteiger partial charge in [-0.25, -0.2) is 0 Å². The molecule has 2 N–H and O–H groups in total. The normalized spacial score (nSPS) is 10.3. The first-order chi connectivity index (χ1) is 6.47. The van der Waals surface area contributed by atoms with Crippen molar-refractivity contribution < 1.29 is 14.4 Å². The van der Waals surface area contributed by atoms with Crippen molar-refractivity contribution in [2.24, 2.45) is 0 Å². The molecule has 1 aromatic rings. The van der Waals surface area contributed by atoms with Crippen molar-refractivity contribution >= 4 is 12.9 Å². The molecule has 0 atom stereocenters. The molecule has 0 fully saturated rings. The van der Waals surface area contributed by atoms with Gasteiger partial charge >= 0.3 is 7.60 Å². The minimum atomic E-state index is -4.40. The van der Waals surface area contributed by atoms with Gasteiger partial charge in [-0.05, 0) is 18.2 Å². The van der Waals surface area contributed by atoms with Gasteiger partial charge in [0.1, 0.15) is 0 Å². The van der Waals surface area contributed by atoms with Gasteiger partial charge in [-0.1, -0.05) is 0 Å². The van der Waals surface area contributed by atoms with E-state index in [4.69, 9.17) is 20.3 Å². The topological polar surface area (TPSA) is 105 Å². The lowest BCUT2D eigenvalue weighted by atomic mass is 10.1. The number of nitriles is 2. The van der Waals surface area contributed by atoms with E-state index in [0.29, 0.717) is 0 Å². The summed E-state index contributed by atoms with van der Waals surface area (Å²) < 4.78 is 10.8. The van der Waals surface area contributed by atoms with Crippen molar-refractivity contribution in [2.75, 3.05) is 0 Å². The SMILES string of the molecule is N#Cc1cc(C#N)cc(P(=O)(O)O)c1. The Morgan fingerprint density at radius 3 is 1.79 bits per heavy atom. The Morgan fingerprint density at radius 1 is 1.07 bits per heavy atom.